The van der Waals surface area contributed by atoms with Gasteiger partial charge in [-0.25, -0.2) is 0 Å². The summed E-state index contributed by atoms with van der Waals surface area (Å²) in [4.78, 5) is 0. The minimum absolute atomic E-state index is 0.0827. The number of hydrogen-bond donors (Lipinski definition) is 3. The second-order valence-corrected chi connectivity index (χ2v) is 8.20. The molecule has 1 saturated heterocycles. The van der Waals surface area contributed by atoms with Gasteiger partial charge in [0.1, 0.15) is 35.8 Å². The van der Waals surface area contributed by atoms with Crippen molar-refractivity contribution in [2.45, 2.75) is 36.3 Å². The van der Waals surface area contributed by atoms with Gasteiger partial charge in [0.15, 0.2) is 6.29 Å². The fraction of sp³-hybridized carbons (Fsp3) is 0.333. The molecule has 0 saturated carbocycles. The maximum absolute atomic E-state index is 10.6. The highest BCUT2D eigenvalue weighted by Gasteiger charge is 2.46. The van der Waals surface area contributed by atoms with E-state index in [0.29, 0.717) is 5.75 Å². The topological polar surface area (TPSA) is 97.6 Å². The van der Waals surface area contributed by atoms with Crippen LogP contribution in [0.4, 0.5) is 0 Å². The molecule has 0 unspecified atom stereocenters. The molecule has 4 rings (SSSR count). The number of aliphatic hydroxyl groups excluding tert-OH is 3. The maximum atomic E-state index is 10.6. The standard InChI is InChI=1S/C27H30O7/c1-31-21-15-13-20(14-16-21)27(18-9-5-3-6-10-18,19-11-7-4-8-12-19)33-17-22-23(28)24(29)25(30)26(32-2)34-22/h3-16,22-26,28-30H,17H2,1-2H3/t22-,23+,24+,25-,26+/m1/s1. The molecule has 0 aromatic heterocycles. The molecule has 34 heavy (non-hydrogen) atoms. The van der Waals surface area contributed by atoms with Crippen molar-refractivity contribution in [3.63, 3.8) is 0 Å². The van der Waals surface area contributed by atoms with Crippen LogP contribution in [0.15, 0.2) is 84.9 Å². The van der Waals surface area contributed by atoms with E-state index in [4.69, 9.17) is 18.9 Å². The number of hydrogen-bond acceptors (Lipinski definition) is 7. The Kier molecular flexibility index (Phi) is 7.63. The minimum Gasteiger partial charge on any atom is -0.497 e. The minimum atomic E-state index is -1.43. The predicted molar refractivity (Wildman–Crippen MR) is 125 cm³/mol. The van der Waals surface area contributed by atoms with Gasteiger partial charge in [-0.15, -0.1) is 0 Å². The van der Waals surface area contributed by atoms with Crippen molar-refractivity contribution in [1.29, 1.82) is 0 Å². The Bertz CT molecular complexity index is 984. The third-order valence-electron chi connectivity index (χ3n) is 6.22. The van der Waals surface area contributed by atoms with Crippen LogP contribution < -0.4 is 4.74 Å². The van der Waals surface area contributed by atoms with Gasteiger partial charge in [-0.1, -0.05) is 72.8 Å². The van der Waals surface area contributed by atoms with E-state index < -0.39 is 36.3 Å². The normalized spacial score (nSPS) is 25.1. The summed E-state index contributed by atoms with van der Waals surface area (Å²) in [5.41, 5.74) is 1.54. The van der Waals surface area contributed by atoms with E-state index in [1.54, 1.807) is 7.11 Å². The molecule has 7 nitrogen and oxygen atoms in total. The molecular formula is C27H30O7. The summed E-state index contributed by atoms with van der Waals surface area (Å²) in [6, 6.07) is 27.1. The molecule has 1 fully saturated rings. The maximum Gasteiger partial charge on any atom is 0.186 e. The molecule has 5 atom stereocenters. The summed E-state index contributed by atoms with van der Waals surface area (Å²) >= 11 is 0. The molecule has 180 valence electrons. The van der Waals surface area contributed by atoms with Crippen LogP contribution in [-0.4, -0.2) is 66.9 Å². The summed E-state index contributed by atoms with van der Waals surface area (Å²) in [7, 11) is 2.98. The first kappa shape index (κ1) is 24.3. The van der Waals surface area contributed by atoms with Crippen LogP contribution in [0.3, 0.4) is 0 Å². The van der Waals surface area contributed by atoms with Gasteiger partial charge < -0.3 is 34.3 Å². The quantitative estimate of drug-likeness (QED) is 0.439. The van der Waals surface area contributed by atoms with Gasteiger partial charge in [0.05, 0.1) is 13.7 Å². The van der Waals surface area contributed by atoms with Crippen LogP contribution in [0.5, 0.6) is 5.75 Å². The molecule has 0 aliphatic carbocycles. The van der Waals surface area contributed by atoms with Crippen LogP contribution in [-0.2, 0) is 19.8 Å². The number of rotatable bonds is 8. The summed E-state index contributed by atoms with van der Waals surface area (Å²) in [6.07, 6.45) is -6.19. The first-order valence-electron chi connectivity index (χ1n) is 11.1. The van der Waals surface area contributed by atoms with E-state index in [1.807, 2.05) is 84.9 Å². The molecule has 1 aliphatic heterocycles. The first-order chi connectivity index (χ1) is 16.5. The van der Waals surface area contributed by atoms with Crippen molar-refractivity contribution in [2.24, 2.45) is 0 Å². The molecule has 0 spiro atoms. The molecule has 7 heteroatoms. The largest absolute Gasteiger partial charge is 0.497 e. The fourth-order valence-electron chi connectivity index (χ4n) is 4.38. The van der Waals surface area contributed by atoms with Crippen molar-refractivity contribution in [1.82, 2.24) is 0 Å². The Balaban J connectivity index is 1.79. The smallest absolute Gasteiger partial charge is 0.186 e. The fourth-order valence-corrected chi connectivity index (χ4v) is 4.38. The zero-order valence-electron chi connectivity index (χ0n) is 19.2. The van der Waals surface area contributed by atoms with Gasteiger partial charge in [-0.2, -0.15) is 0 Å². The molecule has 0 amide bonds. The highest BCUT2D eigenvalue weighted by Crippen LogP contribution is 2.41. The molecule has 1 aliphatic rings. The van der Waals surface area contributed by atoms with Crippen molar-refractivity contribution in [2.75, 3.05) is 20.8 Å². The van der Waals surface area contributed by atoms with Crippen LogP contribution in [0, 0.1) is 0 Å². The highest BCUT2D eigenvalue weighted by molar-refractivity contribution is 5.48. The zero-order chi connectivity index (χ0) is 24.1. The van der Waals surface area contributed by atoms with E-state index in [2.05, 4.69) is 0 Å². The molecular weight excluding hydrogens is 436 g/mol. The van der Waals surface area contributed by atoms with Crippen molar-refractivity contribution >= 4 is 0 Å². The van der Waals surface area contributed by atoms with Gasteiger partial charge >= 0.3 is 0 Å². The lowest BCUT2D eigenvalue weighted by atomic mass is 9.80. The number of aliphatic hydroxyl groups is 3. The summed E-state index contributed by atoms with van der Waals surface area (Å²) in [5, 5.41) is 31.1. The average molecular weight is 467 g/mol. The molecule has 1 heterocycles. The SMILES string of the molecule is COc1ccc(C(OC[C@H]2O[C@H](OC)[C@H](O)[C@@H](O)[C@H]2O)(c2ccccc2)c2ccccc2)cc1. The van der Waals surface area contributed by atoms with Crippen LogP contribution in [0.1, 0.15) is 16.7 Å². The first-order valence-corrected chi connectivity index (χ1v) is 11.1. The summed E-state index contributed by atoms with van der Waals surface area (Å²) < 4.78 is 22.9. The average Bonchev–Trinajstić information content (AvgIpc) is 2.90. The Hall–Kier alpha value is -2.78. The third kappa shape index (κ3) is 4.59. The number of benzene rings is 3. The Morgan fingerprint density at radius 3 is 1.74 bits per heavy atom. The van der Waals surface area contributed by atoms with E-state index in [-0.39, 0.29) is 6.61 Å². The van der Waals surface area contributed by atoms with Crippen LogP contribution in [0.25, 0.3) is 0 Å². The summed E-state index contributed by atoms with van der Waals surface area (Å²) in [5.74, 6) is 0.713. The van der Waals surface area contributed by atoms with Crippen molar-refractivity contribution in [3.8, 4) is 5.75 Å². The van der Waals surface area contributed by atoms with E-state index in [9.17, 15) is 15.3 Å². The van der Waals surface area contributed by atoms with E-state index in [0.717, 1.165) is 16.7 Å². The molecule has 3 aromatic rings. The van der Waals surface area contributed by atoms with Gasteiger partial charge in [-0.05, 0) is 28.8 Å². The number of methoxy groups -OCH3 is 2. The Labute approximate surface area is 199 Å². The Morgan fingerprint density at radius 2 is 1.24 bits per heavy atom. The third-order valence-corrected chi connectivity index (χ3v) is 6.22. The van der Waals surface area contributed by atoms with Gasteiger partial charge in [0.2, 0.25) is 0 Å². The second-order valence-electron chi connectivity index (χ2n) is 8.20. The van der Waals surface area contributed by atoms with Crippen LogP contribution in [0.2, 0.25) is 0 Å². The lowest BCUT2D eigenvalue weighted by Crippen LogP contribution is -2.59. The molecule has 0 bridgehead atoms. The molecule has 3 aromatic carbocycles. The van der Waals surface area contributed by atoms with Crippen LogP contribution >= 0.6 is 0 Å². The number of ether oxygens (including phenoxy) is 4. The summed E-state index contributed by atoms with van der Waals surface area (Å²) in [6.45, 7) is -0.0827. The monoisotopic (exact) mass is 466 g/mol. The van der Waals surface area contributed by atoms with Gasteiger partial charge in [0, 0.05) is 7.11 Å². The van der Waals surface area contributed by atoms with E-state index >= 15 is 0 Å². The van der Waals surface area contributed by atoms with Gasteiger partial charge in [-0.3, -0.25) is 0 Å². The predicted octanol–water partition coefficient (Wildman–Crippen LogP) is 2.46. The van der Waals surface area contributed by atoms with Crippen molar-refractivity contribution in [3.05, 3.63) is 102 Å². The van der Waals surface area contributed by atoms with Gasteiger partial charge in [0.25, 0.3) is 0 Å². The zero-order valence-corrected chi connectivity index (χ0v) is 19.2. The van der Waals surface area contributed by atoms with Crippen molar-refractivity contribution < 1.29 is 34.3 Å². The van der Waals surface area contributed by atoms with E-state index in [1.165, 1.54) is 7.11 Å². The lowest BCUT2D eigenvalue weighted by molar-refractivity contribution is -0.299. The molecule has 3 N–H and O–H groups in total. The lowest BCUT2D eigenvalue weighted by Gasteiger charge is -2.42. The highest BCUT2D eigenvalue weighted by atomic mass is 16.7. The second kappa shape index (κ2) is 10.7. The molecule has 0 radical (unpaired) electrons. The Morgan fingerprint density at radius 1 is 0.706 bits per heavy atom.